The van der Waals surface area contributed by atoms with Gasteiger partial charge in [0, 0.05) is 39.0 Å². The molecule has 18 heteroatoms. The standard InChI is InChI=1S/C56H62Br2N8O8/c1-33(59-3)53(69)61-43-31-63(45-13-7-9-15-47(45)65(55(43)71)29-41-39-23-21-37(57)27-35(39)19-25-49(41)73-5)51(67)17-11-12-18-52(68)64-32-44(62-54(70)34(2)60-4)56(72)66(48-16-10-8-14-46(48)64)30-42-40-24-22-38(58)28-36(40)20-26-50(42)74-6/h7-10,13-16,19-28,33-34,43-44,53,59-61,69H,11-12,17-18,29-32H2,1-6H3,(H,62,70)/t33-,34-,43-,44-,53?/m0/s1. The van der Waals surface area contributed by atoms with Crippen LogP contribution in [0.15, 0.2) is 118 Å². The van der Waals surface area contributed by atoms with Gasteiger partial charge in [-0.3, -0.25) is 29.3 Å². The Labute approximate surface area is 448 Å². The van der Waals surface area contributed by atoms with Crippen LogP contribution in [0.25, 0.3) is 21.5 Å². The Morgan fingerprint density at radius 3 is 1.53 bits per heavy atom. The van der Waals surface area contributed by atoms with Crippen molar-refractivity contribution in [2.45, 2.75) is 83.0 Å². The van der Waals surface area contributed by atoms with Crippen LogP contribution in [0.2, 0.25) is 0 Å². The van der Waals surface area contributed by atoms with E-state index in [4.69, 9.17) is 9.47 Å². The van der Waals surface area contributed by atoms with E-state index in [1.54, 1.807) is 73.9 Å². The molecule has 2 aliphatic heterocycles. The lowest BCUT2D eigenvalue weighted by Gasteiger charge is -2.29. The fourth-order valence-electron chi connectivity index (χ4n) is 9.68. The van der Waals surface area contributed by atoms with Gasteiger partial charge in [0.2, 0.25) is 23.6 Å². The number of rotatable bonds is 18. The van der Waals surface area contributed by atoms with Crippen LogP contribution < -0.4 is 50.3 Å². The zero-order valence-corrected chi connectivity index (χ0v) is 45.5. The van der Waals surface area contributed by atoms with Crippen LogP contribution >= 0.6 is 31.9 Å². The summed E-state index contributed by atoms with van der Waals surface area (Å²) < 4.78 is 13.5. The third kappa shape index (κ3) is 11.4. The van der Waals surface area contributed by atoms with E-state index in [1.165, 1.54) is 0 Å². The quantitative estimate of drug-likeness (QED) is 0.0424. The number of anilines is 4. The number of carbonyl (C=O) groups is 5. The van der Waals surface area contributed by atoms with Crippen LogP contribution in [0.5, 0.6) is 11.5 Å². The number of hydrogen-bond donors (Lipinski definition) is 5. The molecular formula is C56H62Br2N8O8. The van der Waals surface area contributed by atoms with Gasteiger partial charge in [-0.2, -0.15) is 0 Å². The minimum absolute atomic E-state index is 0.0278. The van der Waals surface area contributed by atoms with Gasteiger partial charge in [-0.1, -0.05) is 80.4 Å². The zero-order chi connectivity index (χ0) is 52.8. The molecule has 6 aromatic rings. The van der Waals surface area contributed by atoms with Gasteiger partial charge in [-0.25, -0.2) is 0 Å². The molecule has 0 aromatic heterocycles. The van der Waals surface area contributed by atoms with Crippen molar-refractivity contribution in [2.75, 3.05) is 61.0 Å². The second kappa shape index (κ2) is 23.9. The number of fused-ring (bicyclic) bond motifs is 4. The maximum atomic E-state index is 14.9. The molecule has 0 aliphatic carbocycles. The molecule has 0 bridgehead atoms. The molecule has 5 N–H and O–H groups in total. The van der Waals surface area contributed by atoms with Crippen molar-refractivity contribution in [1.29, 1.82) is 0 Å². The monoisotopic (exact) mass is 1130 g/mol. The highest BCUT2D eigenvalue weighted by Crippen LogP contribution is 2.40. The van der Waals surface area contributed by atoms with Gasteiger partial charge in [0.1, 0.15) is 29.8 Å². The van der Waals surface area contributed by atoms with Crippen molar-refractivity contribution in [1.82, 2.24) is 21.3 Å². The number of nitrogens with zero attached hydrogens (tertiary/aromatic N) is 4. The molecule has 0 fully saturated rings. The Morgan fingerprint density at radius 2 is 1.08 bits per heavy atom. The third-order valence-corrected chi connectivity index (χ3v) is 15.0. The molecule has 0 spiro atoms. The lowest BCUT2D eigenvalue weighted by molar-refractivity contribution is -0.128. The normalized spacial score (nSPS) is 17.0. The SMILES string of the molecule is CN[C@@H](C)C(=O)N[C@H]1CN(C(=O)CCCCC(=O)N2C[C@H](NC(O)[C@H](C)NC)C(=O)N(Cc3c(OC)ccc4cc(Br)ccc34)c3ccccc32)c2ccccc2N(Cc2c(OC)ccc3cc(Br)ccc23)C1=O. The summed E-state index contributed by atoms with van der Waals surface area (Å²) >= 11 is 7.15. The van der Waals surface area contributed by atoms with Gasteiger partial charge in [0.05, 0.1) is 69.2 Å². The number of hydrogen-bond acceptors (Lipinski definition) is 11. The van der Waals surface area contributed by atoms with Gasteiger partial charge in [0.25, 0.3) is 5.91 Å². The number of methoxy groups -OCH3 is 2. The number of carbonyl (C=O) groups excluding carboxylic acids is 5. The number of amides is 5. The highest BCUT2D eigenvalue weighted by molar-refractivity contribution is 9.10. The fourth-order valence-corrected chi connectivity index (χ4v) is 10.4. The summed E-state index contributed by atoms with van der Waals surface area (Å²) in [5, 5.41) is 26.9. The first-order valence-electron chi connectivity index (χ1n) is 24.7. The Morgan fingerprint density at radius 1 is 0.635 bits per heavy atom. The average Bonchev–Trinajstić information content (AvgIpc) is 3.59. The fraction of sp³-hybridized carbons (Fsp3) is 0.339. The van der Waals surface area contributed by atoms with Crippen molar-refractivity contribution >= 4 is 106 Å². The van der Waals surface area contributed by atoms with Gasteiger partial charge >= 0.3 is 0 Å². The first kappa shape index (κ1) is 53.9. The summed E-state index contributed by atoms with van der Waals surface area (Å²) in [4.78, 5) is 78.9. The Bertz CT molecular complexity index is 3090. The van der Waals surface area contributed by atoms with Crippen LogP contribution in [0.1, 0.15) is 50.7 Å². The Kier molecular flexibility index (Phi) is 17.4. The molecule has 388 valence electrons. The summed E-state index contributed by atoms with van der Waals surface area (Å²) in [6.45, 7) is 3.46. The number of halogens is 2. The van der Waals surface area contributed by atoms with Crippen LogP contribution in [-0.4, -0.2) is 106 Å². The lowest BCUT2D eigenvalue weighted by Crippen LogP contribution is -2.57. The predicted octanol–water partition coefficient (Wildman–Crippen LogP) is 7.53. The minimum atomic E-state index is -1.14. The summed E-state index contributed by atoms with van der Waals surface area (Å²) in [7, 11) is 6.54. The van der Waals surface area contributed by atoms with Crippen LogP contribution in [0.3, 0.4) is 0 Å². The van der Waals surface area contributed by atoms with E-state index in [1.807, 2.05) is 97.1 Å². The Balaban J connectivity index is 1.05. The molecule has 2 heterocycles. The smallest absolute Gasteiger partial charge is 0.251 e. The molecule has 74 heavy (non-hydrogen) atoms. The second-order valence-corrected chi connectivity index (χ2v) is 20.4. The zero-order valence-electron chi connectivity index (χ0n) is 42.3. The Hall–Kier alpha value is -6.41. The molecule has 5 amide bonds. The van der Waals surface area contributed by atoms with Crippen LogP contribution in [-0.2, 0) is 37.1 Å². The van der Waals surface area contributed by atoms with Crippen LogP contribution in [0.4, 0.5) is 22.7 Å². The van der Waals surface area contributed by atoms with Crippen molar-refractivity contribution in [3.8, 4) is 11.5 Å². The molecule has 6 aromatic carbocycles. The lowest BCUT2D eigenvalue weighted by atomic mass is 10.0. The number of aliphatic hydroxyl groups excluding tert-OH is 1. The van der Waals surface area contributed by atoms with Crippen LogP contribution in [0, 0.1) is 0 Å². The first-order valence-corrected chi connectivity index (χ1v) is 26.3. The molecule has 2 aliphatic rings. The van der Waals surface area contributed by atoms with E-state index in [9.17, 15) is 29.1 Å². The molecule has 8 rings (SSSR count). The van der Waals surface area contributed by atoms with E-state index < -0.39 is 42.2 Å². The molecular weight excluding hydrogens is 1070 g/mol. The summed E-state index contributed by atoms with van der Waals surface area (Å²) in [6, 6.07) is 30.7. The number of likely N-dealkylation sites (N-methyl/N-ethyl adjacent to an activating group) is 2. The van der Waals surface area contributed by atoms with Gasteiger partial charge in [0.15, 0.2) is 0 Å². The van der Waals surface area contributed by atoms with Gasteiger partial charge < -0.3 is 50.1 Å². The van der Waals surface area contributed by atoms with E-state index in [-0.39, 0.29) is 56.7 Å². The molecule has 0 radical (unpaired) electrons. The molecule has 5 atom stereocenters. The van der Waals surface area contributed by atoms with Crippen molar-refractivity contribution < 1.29 is 38.6 Å². The minimum Gasteiger partial charge on any atom is -0.496 e. The number of aliphatic hydroxyl groups is 1. The number of nitrogens with one attached hydrogen (secondary N) is 4. The number of para-hydroxylation sites is 4. The summed E-state index contributed by atoms with van der Waals surface area (Å²) in [5.41, 5.74) is 3.56. The van der Waals surface area contributed by atoms with E-state index >= 15 is 0 Å². The van der Waals surface area contributed by atoms with Crippen molar-refractivity contribution in [3.05, 3.63) is 129 Å². The average molecular weight is 1130 g/mol. The number of unbranched alkanes of at least 4 members (excludes halogenated alkanes) is 1. The highest BCUT2D eigenvalue weighted by atomic mass is 79.9. The summed E-state index contributed by atoms with van der Waals surface area (Å²) in [5.74, 6) is -0.525. The predicted molar refractivity (Wildman–Crippen MR) is 297 cm³/mol. The molecule has 1 unspecified atom stereocenters. The van der Waals surface area contributed by atoms with Crippen molar-refractivity contribution in [2.24, 2.45) is 0 Å². The highest BCUT2D eigenvalue weighted by Gasteiger charge is 2.40. The van der Waals surface area contributed by atoms with E-state index in [0.29, 0.717) is 47.1 Å². The van der Waals surface area contributed by atoms with E-state index in [2.05, 4.69) is 53.1 Å². The maximum absolute atomic E-state index is 14.9. The van der Waals surface area contributed by atoms with Gasteiger partial charge in [-0.05, 0) is 123 Å². The first-order chi connectivity index (χ1) is 35.6. The van der Waals surface area contributed by atoms with E-state index in [0.717, 1.165) is 41.6 Å². The molecule has 0 saturated carbocycles. The number of benzene rings is 6. The topological polar surface area (TPSA) is 185 Å². The molecule has 0 saturated heterocycles. The largest absolute Gasteiger partial charge is 0.496 e. The molecule has 16 nitrogen and oxygen atoms in total. The third-order valence-electron chi connectivity index (χ3n) is 14.0. The number of ether oxygens (including phenoxy) is 2. The second-order valence-electron chi connectivity index (χ2n) is 18.6. The summed E-state index contributed by atoms with van der Waals surface area (Å²) in [6.07, 6.45) is -0.441. The maximum Gasteiger partial charge on any atom is 0.251 e. The van der Waals surface area contributed by atoms with Crippen molar-refractivity contribution in [3.63, 3.8) is 0 Å². The van der Waals surface area contributed by atoms with Gasteiger partial charge in [-0.15, -0.1) is 0 Å².